The molecule has 2 aliphatic rings. The van der Waals surface area contributed by atoms with Gasteiger partial charge in [0, 0.05) is 5.56 Å². The summed E-state index contributed by atoms with van der Waals surface area (Å²) in [6.45, 7) is 24.3. The highest BCUT2D eigenvalue weighted by atomic mass is 16.5. The summed E-state index contributed by atoms with van der Waals surface area (Å²) in [4.78, 5) is 45.0. The Morgan fingerprint density at radius 1 is 1.02 bits per heavy atom. The Morgan fingerprint density at radius 3 is 2.16 bits per heavy atom. The van der Waals surface area contributed by atoms with Crippen molar-refractivity contribution in [2.75, 3.05) is 7.11 Å². The van der Waals surface area contributed by atoms with E-state index in [4.69, 9.17) is 4.74 Å². The fourth-order valence-electron chi connectivity index (χ4n) is 7.47. The number of phenols is 2. The summed E-state index contributed by atoms with van der Waals surface area (Å²) >= 11 is 0. The molecule has 0 unspecified atom stereocenters. The molecular weight excluding hydrogens is 564 g/mol. The average molecular weight is 617 g/mol. The number of carbonyl (C=O) groups is 3. The lowest BCUT2D eigenvalue weighted by molar-refractivity contribution is -0.173. The Bertz CT molecular complexity index is 1490. The van der Waals surface area contributed by atoms with Gasteiger partial charge in [-0.2, -0.15) is 0 Å². The summed E-state index contributed by atoms with van der Waals surface area (Å²) in [7, 11) is 1.43. The SMILES string of the molecule is C=C(C)CC[C@H](C[C@]12C[C@@H](CC=C(C)C)C(C)(C)[C@](CC=C(C)C)(C(=O)C(C(=O)c3ccc(O)c(O)c3)=C1OC)C2=O)C(=C)C. The maximum atomic E-state index is 15.4. The van der Waals surface area contributed by atoms with Gasteiger partial charge in [0.25, 0.3) is 0 Å². The van der Waals surface area contributed by atoms with Gasteiger partial charge in [0.15, 0.2) is 28.8 Å². The Balaban J connectivity index is 2.49. The summed E-state index contributed by atoms with van der Waals surface area (Å²) in [6.07, 6.45) is 7.17. The number of aromatic hydroxyl groups is 2. The van der Waals surface area contributed by atoms with E-state index in [1.807, 2.05) is 61.5 Å². The smallest absolute Gasteiger partial charge is 0.200 e. The van der Waals surface area contributed by atoms with Crippen LogP contribution in [0.25, 0.3) is 0 Å². The Labute approximate surface area is 269 Å². The second kappa shape index (κ2) is 13.4. The van der Waals surface area contributed by atoms with Gasteiger partial charge in [0.1, 0.15) is 16.7 Å². The van der Waals surface area contributed by atoms with Crippen LogP contribution in [0.15, 0.2) is 77.1 Å². The maximum absolute atomic E-state index is 15.4. The van der Waals surface area contributed by atoms with Gasteiger partial charge in [-0.25, -0.2) is 0 Å². The van der Waals surface area contributed by atoms with Crippen LogP contribution < -0.4 is 0 Å². The highest BCUT2D eigenvalue weighted by Crippen LogP contribution is 2.67. The lowest BCUT2D eigenvalue weighted by atomic mass is 9.39. The fraction of sp³-hybridized carbons (Fsp3) is 0.513. The third-order valence-electron chi connectivity index (χ3n) is 10.3. The second-order valence-electron chi connectivity index (χ2n) is 14.5. The molecule has 45 heavy (non-hydrogen) atoms. The molecule has 6 nitrogen and oxygen atoms in total. The minimum atomic E-state index is -1.54. The lowest BCUT2D eigenvalue weighted by Crippen LogP contribution is -2.67. The Morgan fingerprint density at radius 2 is 1.64 bits per heavy atom. The zero-order valence-corrected chi connectivity index (χ0v) is 28.7. The number of rotatable bonds is 13. The van der Waals surface area contributed by atoms with Gasteiger partial charge in [0.2, 0.25) is 0 Å². The molecular formula is C39H52O6. The number of allylic oxidation sites excluding steroid dienone is 8. The molecule has 0 heterocycles. The molecule has 0 amide bonds. The van der Waals surface area contributed by atoms with Crippen LogP contribution in [0.1, 0.15) is 104 Å². The van der Waals surface area contributed by atoms with E-state index in [1.165, 1.54) is 19.2 Å². The van der Waals surface area contributed by atoms with Crippen LogP contribution in [0, 0.1) is 28.1 Å². The Kier molecular flexibility index (Phi) is 10.6. The summed E-state index contributed by atoms with van der Waals surface area (Å²) < 4.78 is 6.08. The molecule has 4 atom stereocenters. The van der Waals surface area contributed by atoms with Crippen molar-refractivity contribution in [2.45, 2.75) is 93.9 Å². The fourth-order valence-corrected chi connectivity index (χ4v) is 7.47. The molecule has 3 rings (SSSR count). The molecule has 2 N–H and O–H groups in total. The molecule has 0 spiro atoms. The van der Waals surface area contributed by atoms with Crippen LogP contribution in [-0.2, 0) is 14.3 Å². The van der Waals surface area contributed by atoms with Crippen molar-refractivity contribution in [2.24, 2.45) is 28.1 Å². The molecule has 1 saturated carbocycles. The van der Waals surface area contributed by atoms with E-state index in [-0.39, 0.29) is 46.7 Å². The van der Waals surface area contributed by atoms with E-state index in [0.717, 1.165) is 41.2 Å². The normalized spacial score (nSPS) is 24.5. The number of hydrogen-bond donors (Lipinski definition) is 2. The molecule has 2 bridgehead atoms. The highest BCUT2D eigenvalue weighted by Gasteiger charge is 2.72. The summed E-state index contributed by atoms with van der Waals surface area (Å²) in [6, 6.07) is 3.75. The van der Waals surface area contributed by atoms with E-state index in [9.17, 15) is 15.0 Å². The van der Waals surface area contributed by atoms with Gasteiger partial charge in [-0.3, -0.25) is 14.4 Å². The molecule has 0 aliphatic heterocycles. The van der Waals surface area contributed by atoms with Crippen LogP contribution >= 0.6 is 0 Å². The first-order valence-corrected chi connectivity index (χ1v) is 15.9. The van der Waals surface area contributed by atoms with E-state index >= 15 is 9.59 Å². The number of fused-ring (bicyclic) bond motifs is 2. The Hall–Kier alpha value is -3.67. The van der Waals surface area contributed by atoms with Crippen molar-refractivity contribution in [1.29, 1.82) is 0 Å². The van der Waals surface area contributed by atoms with Gasteiger partial charge < -0.3 is 14.9 Å². The minimum absolute atomic E-state index is 0.0285. The molecule has 0 radical (unpaired) electrons. The number of ether oxygens (including phenoxy) is 1. The summed E-state index contributed by atoms with van der Waals surface area (Å²) in [5.74, 6) is -2.31. The van der Waals surface area contributed by atoms with E-state index in [2.05, 4.69) is 19.2 Å². The minimum Gasteiger partial charge on any atom is -0.504 e. The van der Waals surface area contributed by atoms with Gasteiger partial charge >= 0.3 is 0 Å². The van der Waals surface area contributed by atoms with Crippen molar-refractivity contribution in [3.8, 4) is 11.5 Å². The van der Waals surface area contributed by atoms with Crippen molar-refractivity contribution in [3.63, 3.8) is 0 Å². The summed E-state index contributed by atoms with van der Waals surface area (Å²) in [5.41, 5.74) is 0.315. The number of benzene rings is 1. The molecule has 244 valence electrons. The monoisotopic (exact) mass is 616 g/mol. The zero-order valence-electron chi connectivity index (χ0n) is 28.7. The van der Waals surface area contributed by atoms with Crippen LogP contribution in [0.4, 0.5) is 0 Å². The van der Waals surface area contributed by atoms with Crippen molar-refractivity contribution < 1.29 is 29.3 Å². The van der Waals surface area contributed by atoms with E-state index in [1.54, 1.807) is 0 Å². The van der Waals surface area contributed by atoms with Crippen LogP contribution in [0.5, 0.6) is 11.5 Å². The van der Waals surface area contributed by atoms with Crippen molar-refractivity contribution in [1.82, 2.24) is 0 Å². The largest absolute Gasteiger partial charge is 0.504 e. The molecule has 6 heteroatoms. The van der Waals surface area contributed by atoms with Crippen LogP contribution in [0.2, 0.25) is 0 Å². The first-order valence-electron chi connectivity index (χ1n) is 15.9. The zero-order chi connectivity index (χ0) is 34.1. The molecule has 2 aliphatic carbocycles. The number of methoxy groups -OCH3 is 1. The maximum Gasteiger partial charge on any atom is 0.200 e. The van der Waals surface area contributed by atoms with Crippen molar-refractivity contribution in [3.05, 3.63) is 82.7 Å². The first-order chi connectivity index (χ1) is 20.9. The quantitative estimate of drug-likeness (QED) is 0.0754. The van der Waals surface area contributed by atoms with Crippen LogP contribution in [0.3, 0.4) is 0 Å². The third-order valence-corrected chi connectivity index (χ3v) is 10.3. The first kappa shape index (κ1) is 35.8. The topological polar surface area (TPSA) is 101 Å². The number of hydrogen-bond acceptors (Lipinski definition) is 6. The van der Waals surface area contributed by atoms with Gasteiger partial charge in [-0.15, -0.1) is 6.58 Å². The summed E-state index contributed by atoms with van der Waals surface area (Å²) in [5, 5.41) is 20.2. The van der Waals surface area contributed by atoms with Gasteiger partial charge in [-0.05, 0) is 116 Å². The number of ketones is 3. The van der Waals surface area contributed by atoms with E-state index < -0.39 is 33.6 Å². The van der Waals surface area contributed by atoms with Gasteiger partial charge in [-0.1, -0.05) is 54.9 Å². The number of carbonyl (C=O) groups excluding carboxylic acids is 3. The molecule has 1 aromatic rings. The molecule has 0 saturated heterocycles. The van der Waals surface area contributed by atoms with Crippen LogP contribution in [-0.4, -0.2) is 34.7 Å². The van der Waals surface area contributed by atoms with Crippen molar-refractivity contribution >= 4 is 17.3 Å². The molecule has 1 aromatic carbocycles. The number of Topliss-reactive ketones (excluding diaryl/α,β-unsaturated/α-hetero) is 3. The average Bonchev–Trinajstić information content (AvgIpc) is 2.94. The highest BCUT2D eigenvalue weighted by molar-refractivity contribution is 6.35. The molecule has 0 aromatic heterocycles. The standard InChI is InChI=1S/C39H52O6/c1-23(2)12-14-28(26(7)8)21-38-22-29(16-13-24(3)4)37(9,10)39(36(38)44,19-18-25(5)6)34(43)32(35(38)45-11)33(42)27-15-17-30(40)31(41)20-27/h13,15,17-18,20,28-29,40-41H,1,7,12,14,16,19,21-22H2,2-6,8-11H3/t28-,29-,38+,39-/m1/s1. The second-order valence-corrected chi connectivity index (χ2v) is 14.5. The third kappa shape index (κ3) is 6.39. The molecule has 1 fully saturated rings. The predicted octanol–water partition coefficient (Wildman–Crippen LogP) is 9.00. The van der Waals surface area contributed by atoms with Gasteiger partial charge in [0.05, 0.1) is 12.5 Å². The number of phenolic OH excluding ortho intramolecular Hbond substituents is 2. The van der Waals surface area contributed by atoms with E-state index in [0.29, 0.717) is 19.3 Å². The predicted molar refractivity (Wildman–Crippen MR) is 180 cm³/mol. The lowest BCUT2D eigenvalue weighted by Gasteiger charge is -2.61.